The molecule has 0 amide bonds. The van der Waals surface area contributed by atoms with Crippen molar-refractivity contribution in [3.63, 3.8) is 0 Å². The van der Waals surface area contributed by atoms with Gasteiger partial charge in [0.15, 0.2) is 11.7 Å². The molecule has 30 heavy (non-hydrogen) atoms. The number of pyridine rings is 1. The predicted molar refractivity (Wildman–Crippen MR) is 115 cm³/mol. The highest BCUT2D eigenvalue weighted by Gasteiger charge is 2.23. The second kappa shape index (κ2) is 7.48. The Bertz CT molecular complexity index is 1310. The zero-order valence-electron chi connectivity index (χ0n) is 16.1. The molecule has 0 fully saturated rings. The van der Waals surface area contributed by atoms with E-state index in [1.54, 1.807) is 25.6 Å². The zero-order chi connectivity index (χ0) is 20.7. The van der Waals surface area contributed by atoms with E-state index in [0.717, 1.165) is 16.5 Å². The second-order valence-corrected chi connectivity index (χ2v) is 7.46. The van der Waals surface area contributed by atoms with E-state index in [4.69, 9.17) is 20.8 Å². The summed E-state index contributed by atoms with van der Waals surface area (Å²) >= 11 is 6.01. The summed E-state index contributed by atoms with van der Waals surface area (Å²) in [5, 5.41) is 12.7. The van der Waals surface area contributed by atoms with Crippen molar-refractivity contribution in [3.05, 3.63) is 89.2 Å². The van der Waals surface area contributed by atoms with Gasteiger partial charge in [0, 0.05) is 40.4 Å². The van der Waals surface area contributed by atoms with Crippen LogP contribution in [0, 0.1) is 0 Å². The van der Waals surface area contributed by atoms with Crippen LogP contribution in [0.15, 0.2) is 71.5 Å². The molecule has 0 spiro atoms. The highest BCUT2D eigenvalue weighted by molar-refractivity contribution is 6.30. The van der Waals surface area contributed by atoms with E-state index in [1.165, 1.54) is 0 Å². The minimum absolute atomic E-state index is 0.228. The molecule has 0 radical (unpaired) electrons. The van der Waals surface area contributed by atoms with Crippen LogP contribution in [-0.2, 0) is 6.54 Å². The van der Waals surface area contributed by atoms with E-state index in [-0.39, 0.29) is 5.89 Å². The number of rotatable bonds is 5. The Balaban J connectivity index is 1.61. The maximum Gasteiger partial charge on any atom is 0.229 e. The first-order valence-corrected chi connectivity index (χ1v) is 9.80. The maximum absolute atomic E-state index is 11.1. The van der Waals surface area contributed by atoms with E-state index in [2.05, 4.69) is 14.5 Å². The molecule has 0 aliphatic heterocycles. The molecule has 150 valence electrons. The van der Waals surface area contributed by atoms with E-state index in [1.807, 2.05) is 48.7 Å². The molecule has 0 bridgehead atoms. The van der Waals surface area contributed by atoms with Gasteiger partial charge in [-0.25, -0.2) is 4.98 Å². The third kappa shape index (κ3) is 3.30. The van der Waals surface area contributed by atoms with Gasteiger partial charge >= 0.3 is 0 Å². The van der Waals surface area contributed by atoms with Crippen LogP contribution in [0.25, 0.3) is 22.0 Å². The fourth-order valence-electron chi connectivity index (χ4n) is 3.61. The van der Waals surface area contributed by atoms with Gasteiger partial charge in [-0.15, -0.1) is 0 Å². The number of nitrogens with zero attached hydrogens (tertiary/aromatic N) is 3. The van der Waals surface area contributed by atoms with Gasteiger partial charge in [-0.2, -0.15) is 0 Å². The van der Waals surface area contributed by atoms with Crippen LogP contribution in [-0.4, -0.2) is 26.8 Å². The SMILES string of the molecule is COc1ccc2c(c1)c(C(O)c1nc3ccncc3o1)cn2Cc1ccc(Cl)cc1. The molecular weight excluding hydrogens is 402 g/mol. The zero-order valence-corrected chi connectivity index (χ0v) is 16.9. The number of hydrogen-bond donors (Lipinski definition) is 1. The van der Waals surface area contributed by atoms with Gasteiger partial charge < -0.3 is 18.8 Å². The molecule has 1 unspecified atom stereocenters. The predicted octanol–water partition coefficient (Wildman–Crippen LogP) is 4.97. The van der Waals surface area contributed by atoms with Crippen LogP contribution in [0.3, 0.4) is 0 Å². The smallest absolute Gasteiger partial charge is 0.229 e. The van der Waals surface area contributed by atoms with E-state index in [9.17, 15) is 5.11 Å². The van der Waals surface area contributed by atoms with Crippen molar-refractivity contribution in [2.24, 2.45) is 0 Å². The number of halogens is 1. The minimum Gasteiger partial charge on any atom is -0.497 e. The summed E-state index contributed by atoms with van der Waals surface area (Å²) in [6.07, 6.45) is 4.13. The Kier molecular flexibility index (Phi) is 4.65. The van der Waals surface area contributed by atoms with Crippen LogP contribution in [0.4, 0.5) is 0 Å². The van der Waals surface area contributed by atoms with Crippen molar-refractivity contribution < 1.29 is 14.3 Å². The van der Waals surface area contributed by atoms with Crippen molar-refractivity contribution in [1.82, 2.24) is 14.5 Å². The number of fused-ring (bicyclic) bond motifs is 2. The number of methoxy groups -OCH3 is 1. The molecule has 0 aliphatic carbocycles. The molecule has 0 aliphatic rings. The lowest BCUT2D eigenvalue weighted by Gasteiger charge is -2.06. The van der Waals surface area contributed by atoms with E-state index in [0.29, 0.717) is 34.0 Å². The van der Waals surface area contributed by atoms with Crippen molar-refractivity contribution in [2.75, 3.05) is 7.11 Å². The first kappa shape index (κ1) is 18.7. The Labute approximate surface area is 177 Å². The summed E-state index contributed by atoms with van der Waals surface area (Å²) in [5.74, 6) is 0.938. The molecular formula is C23H18ClN3O3. The monoisotopic (exact) mass is 419 g/mol. The highest BCUT2D eigenvalue weighted by Crippen LogP contribution is 2.34. The lowest BCUT2D eigenvalue weighted by atomic mass is 10.1. The molecule has 1 atom stereocenters. The van der Waals surface area contributed by atoms with Gasteiger partial charge in [-0.1, -0.05) is 23.7 Å². The van der Waals surface area contributed by atoms with E-state index < -0.39 is 6.10 Å². The standard InChI is InChI=1S/C23H18ClN3O3/c1-29-16-6-7-20-17(10-16)18(13-27(20)12-14-2-4-15(24)5-3-14)22(28)23-26-19-8-9-25-11-21(19)30-23/h2-11,13,22,28H,12H2,1H3. The Morgan fingerprint density at radius 3 is 2.77 bits per heavy atom. The number of aliphatic hydroxyl groups is 1. The first-order chi connectivity index (χ1) is 14.6. The fourth-order valence-corrected chi connectivity index (χ4v) is 3.74. The molecule has 1 N–H and O–H groups in total. The Morgan fingerprint density at radius 1 is 1.17 bits per heavy atom. The molecule has 0 saturated heterocycles. The third-order valence-corrected chi connectivity index (χ3v) is 5.37. The summed E-state index contributed by atoms with van der Waals surface area (Å²) in [4.78, 5) is 8.47. The number of aromatic nitrogens is 3. The van der Waals surface area contributed by atoms with Gasteiger partial charge in [-0.3, -0.25) is 4.98 Å². The van der Waals surface area contributed by atoms with Gasteiger partial charge in [0.25, 0.3) is 0 Å². The molecule has 5 rings (SSSR count). The molecule has 3 heterocycles. The molecule has 2 aromatic carbocycles. The fraction of sp³-hybridized carbons (Fsp3) is 0.130. The summed E-state index contributed by atoms with van der Waals surface area (Å²) in [6.45, 7) is 0.629. The van der Waals surface area contributed by atoms with Crippen LogP contribution in [0.5, 0.6) is 5.75 Å². The minimum atomic E-state index is -1.03. The van der Waals surface area contributed by atoms with Crippen molar-refractivity contribution in [1.29, 1.82) is 0 Å². The summed E-state index contributed by atoms with van der Waals surface area (Å²) in [7, 11) is 1.62. The van der Waals surface area contributed by atoms with E-state index >= 15 is 0 Å². The van der Waals surface area contributed by atoms with Gasteiger partial charge in [0.2, 0.25) is 5.89 Å². The molecule has 0 saturated carbocycles. The number of ether oxygens (including phenoxy) is 1. The summed E-state index contributed by atoms with van der Waals surface area (Å²) in [5.41, 5.74) is 3.95. The molecule has 7 heteroatoms. The number of aliphatic hydroxyl groups excluding tert-OH is 1. The highest BCUT2D eigenvalue weighted by atomic mass is 35.5. The first-order valence-electron chi connectivity index (χ1n) is 9.42. The number of oxazole rings is 1. The maximum atomic E-state index is 11.1. The Morgan fingerprint density at radius 2 is 2.00 bits per heavy atom. The van der Waals surface area contributed by atoms with Crippen molar-refractivity contribution >= 4 is 33.6 Å². The molecule has 6 nitrogen and oxygen atoms in total. The van der Waals surface area contributed by atoms with Gasteiger partial charge in [0.05, 0.1) is 13.3 Å². The number of benzene rings is 2. The lowest BCUT2D eigenvalue weighted by Crippen LogP contribution is -2.00. The van der Waals surface area contributed by atoms with Crippen LogP contribution in [0.1, 0.15) is 23.1 Å². The average Bonchev–Trinajstić information content (AvgIpc) is 3.36. The van der Waals surface area contributed by atoms with Crippen molar-refractivity contribution in [3.8, 4) is 5.75 Å². The largest absolute Gasteiger partial charge is 0.497 e. The van der Waals surface area contributed by atoms with Crippen LogP contribution in [0.2, 0.25) is 5.02 Å². The molecule has 3 aromatic heterocycles. The summed E-state index contributed by atoms with van der Waals surface area (Å²) in [6, 6.07) is 15.3. The lowest BCUT2D eigenvalue weighted by molar-refractivity contribution is 0.187. The van der Waals surface area contributed by atoms with Crippen LogP contribution >= 0.6 is 11.6 Å². The van der Waals surface area contributed by atoms with Crippen molar-refractivity contribution in [2.45, 2.75) is 12.6 Å². The van der Waals surface area contributed by atoms with Crippen LogP contribution < -0.4 is 4.74 Å². The molecule has 5 aromatic rings. The van der Waals surface area contributed by atoms with Gasteiger partial charge in [0.1, 0.15) is 11.3 Å². The van der Waals surface area contributed by atoms with Gasteiger partial charge in [-0.05, 0) is 42.0 Å². The average molecular weight is 420 g/mol. The summed E-state index contributed by atoms with van der Waals surface area (Å²) < 4.78 is 13.2. The Hall–Kier alpha value is -3.35. The third-order valence-electron chi connectivity index (χ3n) is 5.12. The second-order valence-electron chi connectivity index (χ2n) is 7.02. The number of hydrogen-bond acceptors (Lipinski definition) is 5. The normalized spacial score (nSPS) is 12.5. The topological polar surface area (TPSA) is 73.3 Å². The quantitative estimate of drug-likeness (QED) is 0.435.